The molecule has 2 rings (SSSR count). The van der Waals surface area contributed by atoms with E-state index in [0.29, 0.717) is 11.3 Å². The van der Waals surface area contributed by atoms with E-state index in [4.69, 9.17) is 0 Å². The van der Waals surface area contributed by atoms with Crippen LogP contribution in [0.3, 0.4) is 0 Å². The second-order valence-corrected chi connectivity index (χ2v) is 6.28. The van der Waals surface area contributed by atoms with Crippen molar-refractivity contribution >= 4 is 29.6 Å². The van der Waals surface area contributed by atoms with Crippen LogP contribution in [0, 0.1) is 10.1 Å². The quantitative estimate of drug-likeness (QED) is 0.435. The molecule has 1 amide bonds. The third-order valence-electron chi connectivity index (χ3n) is 3.28. The van der Waals surface area contributed by atoms with Crippen LogP contribution in [0.2, 0.25) is 0 Å². The first kappa shape index (κ1) is 20.4. The summed E-state index contributed by atoms with van der Waals surface area (Å²) in [6.45, 7) is 0. The number of benzene rings is 2. The van der Waals surface area contributed by atoms with E-state index in [1.54, 1.807) is 12.1 Å². The molecule has 1 N–H and O–H groups in total. The van der Waals surface area contributed by atoms with Crippen LogP contribution in [0.1, 0.15) is 16.7 Å². The number of hydrogen-bond donors (Lipinski definition) is 1. The molecule has 0 bridgehead atoms. The number of nitro groups is 1. The average Bonchev–Trinajstić information content (AvgIpc) is 2.61. The van der Waals surface area contributed by atoms with Crippen LogP contribution in [0.15, 0.2) is 53.6 Å². The highest BCUT2D eigenvalue weighted by molar-refractivity contribution is 7.99. The largest absolute Gasteiger partial charge is 0.417 e. The zero-order chi connectivity index (χ0) is 19.9. The lowest BCUT2D eigenvalue weighted by atomic mass is 10.1. The second kappa shape index (κ2) is 9.17. The fourth-order valence-corrected chi connectivity index (χ4v) is 2.86. The number of rotatable bonds is 7. The molecule has 0 aliphatic rings. The number of non-ortho nitro benzene ring substituents is 1. The van der Waals surface area contributed by atoms with Crippen LogP contribution >= 0.6 is 11.8 Å². The molecule has 0 atom stereocenters. The number of nitrogens with zero attached hydrogens (tertiary/aromatic N) is 2. The highest BCUT2D eigenvalue weighted by atomic mass is 32.2. The minimum absolute atomic E-state index is 0.000942. The summed E-state index contributed by atoms with van der Waals surface area (Å²) < 4.78 is 38.5. The van der Waals surface area contributed by atoms with Crippen LogP contribution in [0.25, 0.3) is 0 Å². The maximum atomic E-state index is 12.8. The van der Waals surface area contributed by atoms with E-state index in [1.165, 1.54) is 42.1 Å². The van der Waals surface area contributed by atoms with E-state index < -0.39 is 22.6 Å². The summed E-state index contributed by atoms with van der Waals surface area (Å²) in [4.78, 5) is 21.9. The predicted octanol–water partition coefficient (Wildman–Crippen LogP) is 4.00. The topological polar surface area (TPSA) is 84.6 Å². The number of halogens is 3. The molecule has 10 heteroatoms. The maximum absolute atomic E-state index is 12.8. The molecule has 0 saturated heterocycles. The lowest BCUT2D eigenvalue weighted by Gasteiger charge is -2.09. The monoisotopic (exact) mass is 397 g/mol. The molecule has 0 aromatic heterocycles. The lowest BCUT2D eigenvalue weighted by molar-refractivity contribution is -0.384. The normalized spacial score (nSPS) is 11.5. The third-order valence-corrected chi connectivity index (χ3v) is 4.29. The summed E-state index contributed by atoms with van der Waals surface area (Å²) in [6, 6.07) is 10.9. The van der Waals surface area contributed by atoms with Crippen LogP contribution in [-0.2, 0) is 16.7 Å². The smallest absolute Gasteiger partial charge is 0.272 e. The van der Waals surface area contributed by atoms with Gasteiger partial charge in [0.1, 0.15) is 0 Å². The van der Waals surface area contributed by atoms with Gasteiger partial charge in [-0.05, 0) is 11.6 Å². The number of carbonyl (C=O) groups is 1. The fourth-order valence-electron chi connectivity index (χ4n) is 2.10. The average molecular weight is 397 g/mol. The molecule has 0 saturated carbocycles. The van der Waals surface area contributed by atoms with Gasteiger partial charge in [-0.15, -0.1) is 11.8 Å². The van der Waals surface area contributed by atoms with Gasteiger partial charge in [0.05, 0.1) is 22.5 Å². The molecular formula is C17H14F3N3O3S. The van der Waals surface area contributed by atoms with Crippen LogP contribution in [0.4, 0.5) is 18.9 Å². The van der Waals surface area contributed by atoms with Crippen molar-refractivity contribution in [2.75, 3.05) is 5.75 Å². The van der Waals surface area contributed by atoms with Gasteiger partial charge >= 0.3 is 6.18 Å². The van der Waals surface area contributed by atoms with E-state index in [-0.39, 0.29) is 17.0 Å². The number of thioether (sulfide) groups is 1. The molecule has 0 heterocycles. The maximum Gasteiger partial charge on any atom is 0.417 e. The summed E-state index contributed by atoms with van der Waals surface area (Å²) in [5, 5.41) is 14.3. The van der Waals surface area contributed by atoms with Crippen molar-refractivity contribution in [3.8, 4) is 0 Å². The minimum atomic E-state index is -4.51. The Balaban J connectivity index is 1.84. The molecular weight excluding hydrogens is 383 g/mol. The molecule has 0 aliphatic carbocycles. The van der Waals surface area contributed by atoms with E-state index in [0.717, 1.165) is 12.3 Å². The zero-order valence-electron chi connectivity index (χ0n) is 13.8. The summed E-state index contributed by atoms with van der Waals surface area (Å²) in [5.74, 6) is -0.123. The van der Waals surface area contributed by atoms with Crippen molar-refractivity contribution < 1.29 is 22.9 Å². The molecule has 0 unspecified atom stereocenters. The molecule has 0 aliphatic heterocycles. The molecule has 0 fully saturated rings. The lowest BCUT2D eigenvalue weighted by Crippen LogP contribution is -2.20. The summed E-state index contributed by atoms with van der Waals surface area (Å²) in [5.41, 5.74) is 1.81. The Kier molecular flexibility index (Phi) is 6.94. The van der Waals surface area contributed by atoms with Gasteiger partial charge in [0, 0.05) is 23.4 Å². The Morgan fingerprint density at radius 1 is 1.22 bits per heavy atom. The molecule has 0 radical (unpaired) electrons. The predicted molar refractivity (Wildman–Crippen MR) is 96.4 cm³/mol. The number of nitrogens with one attached hydrogen (secondary N) is 1. The SMILES string of the molecule is O=C(CSCc1cccc([N+](=O)[O-])c1)N/N=C\c1ccccc1C(F)(F)F. The summed E-state index contributed by atoms with van der Waals surface area (Å²) in [7, 11) is 0. The van der Waals surface area contributed by atoms with Gasteiger partial charge in [0.2, 0.25) is 5.91 Å². The standard InChI is InChI=1S/C17H14F3N3O3S/c18-17(19,20)15-7-2-1-5-13(15)9-21-22-16(24)11-27-10-12-4-3-6-14(8-12)23(25)26/h1-9H,10-11H2,(H,22,24)/b21-9-. The van der Waals surface area contributed by atoms with Gasteiger partial charge < -0.3 is 0 Å². The number of hydrogen-bond acceptors (Lipinski definition) is 5. The molecule has 6 nitrogen and oxygen atoms in total. The first-order valence-corrected chi connectivity index (χ1v) is 8.72. The minimum Gasteiger partial charge on any atom is -0.272 e. The number of amides is 1. The molecule has 2 aromatic rings. The first-order valence-electron chi connectivity index (χ1n) is 7.56. The molecule has 2 aromatic carbocycles. The van der Waals surface area contributed by atoms with E-state index in [1.807, 2.05) is 0 Å². The van der Waals surface area contributed by atoms with Crippen molar-refractivity contribution in [2.45, 2.75) is 11.9 Å². The Hall–Kier alpha value is -2.88. The molecule has 142 valence electrons. The Morgan fingerprint density at radius 3 is 2.67 bits per heavy atom. The van der Waals surface area contributed by atoms with Crippen molar-refractivity contribution in [3.63, 3.8) is 0 Å². The van der Waals surface area contributed by atoms with Gasteiger partial charge in [0.25, 0.3) is 5.69 Å². The summed E-state index contributed by atoms with van der Waals surface area (Å²) >= 11 is 1.20. The first-order chi connectivity index (χ1) is 12.8. The van der Waals surface area contributed by atoms with Crippen LogP contribution in [0.5, 0.6) is 0 Å². The molecule has 0 spiro atoms. The van der Waals surface area contributed by atoms with Crippen molar-refractivity contribution in [2.24, 2.45) is 5.10 Å². The van der Waals surface area contributed by atoms with E-state index in [2.05, 4.69) is 10.5 Å². The van der Waals surface area contributed by atoms with Crippen molar-refractivity contribution in [1.82, 2.24) is 5.43 Å². The number of hydrazone groups is 1. The fraction of sp³-hybridized carbons (Fsp3) is 0.176. The van der Waals surface area contributed by atoms with Crippen molar-refractivity contribution in [1.29, 1.82) is 0 Å². The van der Waals surface area contributed by atoms with Crippen molar-refractivity contribution in [3.05, 3.63) is 75.3 Å². The zero-order valence-corrected chi connectivity index (χ0v) is 14.6. The highest BCUT2D eigenvalue weighted by Crippen LogP contribution is 2.31. The van der Waals surface area contributed by atoms with Gasteiger partial charge in [-0.2, -0.15) is 18.3 Å². The number of carbonyl (C=O) groups excluding carboxylic acids is 1. The Morgan fingerprint density at radius 2 is 1.96 bits per heavy atom. The van der Waals surface area contributed by atoms with Gasteiger partial charge in [0.15, 0.2) is 0 Å². The van der Waals surface area contributed by atoms with Crippen LogP contribution in [-0.4, -0.2) is 22.8 Å². The van der Waals surface area contributed by atoms with Gasteiger partial charge in [-0.25, -0.2) is 5.43 Å². The van der Waals surface area contributed by atoms with Gasteiger partial charge in [-0.3, -0.25) is 14.9 Å². The van der Waals surface area contributed by atoms with E-state index >= 15 is 0 Å². The van der Waals surface area contributed by atoms with E-state index in [9.17, 15) is 28.1 Å². The van der Waals surface area contributed by atoms with Gasteiger partial charge in [-0.1, -0.05) is 30.3 Å². The summed E-state index contributed by atoms with van der Waals surface area (Å²) in [6.07, 6.45) is -3.58. The number of nitro benzene ring substituents is 1. The Labute approximate surface area is 156 Å². The molecule has 27 heavy (non-hydrogen) atoms. The second-order valence-electron chi connectivity index (χ2n) is 5.30. The third kappa shape index (κ3) is 6.41. The highest BCUT2D eigenvalue weighted by Gasteiger charge is 2.32. The van der Waals surface area contributed by atoms with Crippen LogP contribution < -0.4 is 5.43 Å². The number of alkyl halides is 3. The Bertz CT molecular complexity index is 857.